The summed E-state index contributed by atoms with van der Waals surface area (Å²) >= 11 is 4.54. The highest BCUT2D eigenvalue weighted by Crippen LogP contribution is 2.30. The van der Waals surface area contributed by atoms with E-state index in [0.29, 0.717) is 21.8 Å². The second kappa shape index (κ2) is 6.49. The molecule has 0 bridgehead atoms. The quantitative estimate of drug-likeness (QED) is 0.875. The van der Waals surface area contributed by atoms with Crippen LogP contribution in [0.4, 0.5) is 0 Å². The van der Waals surface area contributed by atoms with Gasteiger partial charge in [-0.2, -0.15) is 4.31 Å². The second-order valence-electron chi connectivity index (χ2n) is 3.56. The van der Waals surface area contributed by atoms with Crippen molar-refractivity contribution in [3.8, 4) is 0 Å². The maximum absolute atomic E-state index is 12.3. The zero-order valence-corrected chi connectivity index (χ0v) is 13.1. The molecule has 0 saturated carbocycles. The third-order valence-corrected chi connectivity index (χ3v) is 7.00. The largest absolute Gasteiger partial charge is 0.315 e. The molecule has 1 aliphatic rings. The fourth-order valence-electron chi connectivity index (χ4n) is 1.64. The van der Waals surface area contributed by atoms with Gasteiger partial charge in [0, 0.05) is 24.1 Å². The summed E-state index contributed by atoms with van der Waals surface area (Å²) in [5, 5.41) is 4.98. The number of nitrogens with one attached hydrogen (secondary N) is 1. The van der Waals surface area contributed by atoms with Crippen LogP contribution in [-0.2, 0) is 10.0 Å². The van der Waals surface area contributed by atoms with Crippen molar-refractivity contribution in [3.63, 3.8) is 0 Å². The molecule has 17 heavy (non-hydrogen) atoms. The molecule has 8 heteroatoms. The summed E-state index contributed by atoms with van der Waals surface area (Å²) in [7, 11) is -3.31. The van der Waals surface area contributed by atoms with E-state index in [4.69, 9.17) is 0 Å². The van der Waals surface area contributed by atoms with Crippen LogP contribution in [0.1, 0.15) is 6.42 Å². The lowest BCUT2D eigenvalue weighted by atomic mass is 10.4. The van der Waals surface area contributed by atoms with Crippen molar-refractivity contribution >= 4 is 49.7 Å². The van der Waals surface area contributed by atoms with Crippen LogP contribution in [0.15, 0.2) is 20.1 Å². The molecule has 1 saturated heterocycles. The average molecular weight is 362 g/mol. The Bertz CT molecular complexity index is 455. The molecule has 0 atom stereocenters. The van der Waals surface area contributed by atoms with Gasteiger partial charge in [0.2, 0.25) is 0 Å². The Hall–Kier alpha value is 0.340. The van der Waals surface area contributed by atoms with E-state index in [2.05, 4.69) is 21.2 Å². The zero-order chi connectivity index (χ0) is 11.6. The van der Waals surface area contributed by atoms with Gasteiger partial charge in [-0.1, -0.05) is 0 Å². The molecule has 0 spiro atoms. The molecule has 0 unspecified atom stereocenters. The Balaban J connectivity index is 0.00000144. The van der Waals surface area contributed by atoms with E-state index in [1.807, 2.05) is 0 Å². The lowest BCUT2D eigenvalue weighted by molar-refractivity contribution is 0.433. The van der Waals surface area contributed by atoms with Gasteiger partial charge >= 0.3 is 0 Å². The minimum absolute atomic E-state index is 0. The summed E-state index contributed by atoms with van der Waals surface area (Å²) in [6.07, 6.45) is 0.863. The molecule has 1 aliphatic heterocycles. The smallest absolute Gasteiger partial charge is 0.253 e. The standard InChI is InChI=1S/C9H13BrN2O2S2.ClH/c10-8-2-7-15-9(8)16(13,14)12-5-1-3-11-4-6-12;/h2,7,11H,1,3-6H2;1H. The number of hydrogen-bond acceptors (Lipinski definition) is 4. The first-order chi connectivity index (χ1) is 7.62. The molecule has 0 amide bonds. The van der Waals surface area contributed by atoms with Crippen LogP contribution >= 0.6 is 39.7 Å². The number of nitrogens with zero attached hydrogens (tertiary/aromatic N) is 1. The fourth-order valence-corrected chi connectivity index (χ4v) is 5.57. The van der Waals surface area contributed by atoms with Crippen molar-refractivity contribution in [2.75, 3.05) is 26.2 Å². The van der Waals surface area contributed by atoms with Crippen molar-refractivity contribution in [1.29, 1.82) is 0 Å². The normalized spacial score (nSPS) is 18.4. The summed E-state index contributed by atoms with van der Waals surface area (Å²) in [6, 6.07) is 1.77. The first-order valence-electron chi connectivity index (χ1n) is 5.06. The molecule has 0 aliphatic carbocycles. The van der Waals surface area contributed by atoms with E-state index in [1.54, 1.807) is 15.8 Å². The Morgan fingerprint density at radius 1 is 1.35 bits per heavy atom. The maximum Gasteiger partial charge on any atom is 0.253 e. The van der Waals surface area contributed by atoms with Crippen LogP contribution in [0.25, 0.3) is 0 Å². The Labute approximate surface area is 120 Å². The minimum atomic E-state index is -3.31. The highest BCUT2D eigenvalue weighted by atomic mass is 79.9. The van der Waals surface area contributed by atoms with Crippen molar-refractivity contribution < 1.29 is 8.42 Å². The third kappa shape index (κ3) is 3.42. The molecule has 4 nitrogen and oxygen atoms in total. The van der Waals surface area contributed by atoms with Gasteiger partial charge in [0.25, 0.3) is 10.0 Å². The topological polar surface area (TPSA) is 49.4 Å². The van der Waals surface area contributed by atoms with Crippen LogP contribution in [0.2, 0.25) is 0 Å². The first kappa shape index (κ1) is 15.4. The third-order valence-electron chi connectivity index (χ3n) is 2.46. The van der Waals surface area contributed by atoms with Gasteiger partial charge in [-0.3, -0.25) is 0 Å². The number of rotatable bonds is 2. The van der Waals surface area contributed by atoms with E-state index in [0.717, 1.165) is 19.5 Å². The number of sulfonamides is 1. The summed E-state index contributed by atoms with van der Waals surface area (Å²) in [4.78, 5) is 0. The maximum atomic E-state index is 12.3. The monoisotopic (exact) mass is 360 g/mol. The van der Waals surface area contributed by atoms with Crippen LogP contribution in [0, 0.1) is 0 Å². The van der Waals surface area contributed by atoms with Crippen molar-refractivity contribution in [2.45, 2.75) is 10.6 Å². The summed E-state index contributed by atoms with van der Waals surface area (Å²) in [5.74, 6) is 0. The molecule has 0 aromatic carbocycles. The molecular weight excluding hydrogens is 348 g/mol. The molecule has 1 N–H and O–H groups in total. The summed E-state index contributed by atoms with van der Waals surface area (Å²) in [6.45, 7) is 2.76. The van der Waals surface area contributed by atoms with Gasteiger partial charge in [-0.05, 0) is 40.3 Å². The summed E-state index contributed by atoms with van der Waals surface area (Å²) < 4.78 is 27.2. The number of thiophene rings is 1. The Kier molecular flexibility index (Phi) is 5.88. The zero-order valence-electron chi connectivity index (χ0n) is 9.06. The second-order valence-corrected chi connectivity index (χ2v) is 7.47. The molecule has 1 aromatic heterocycles. The van der Waals surface area contributed by atoms with Crippen molar-refractivity contribution in [2.24, 2.45) is 0 Å². The van der Waals surface area contributed by atoms with Crippen LogP contribution in [0.3, 0.4) is 0 Å². The van der Waals surface area contributed by atoms with Gasteiger partial charge in [-0.15, -0.1) is 23.7 Å². The summed E-state index contributed by atoms with van der Waals surface area (Å²) in [5.41, 5.74) is 0. The van der Waals surface area contributed by atoms with Crippen molar-refractivity contribution in [1.82, 2.24) is 9.62 Å². The number of halogens is 2. The lowest BCUT2D eigenvalue weighted by Gasteiger charge is -2.18. The highest BCUT2D eigenvalue weighted by molar-refractivity contribution is 9.10. The van der Waals surface area contributed by atoms with E-state index < -0.39 is 10.0 Å². The van der Waals surface area contributed by atoms with Gasteiger partial charge in [0.05, 0.1) is 0 Å². The van der Waals surface area contributed by atoms with Crippen molar-refractivity contribution in [3.05, 3.63) is 15.9 Å². The van der Waals surface area contributed by atoms with Crippen LogP contribution in [0.5, 0.6) is 0 Å². The molecule has 2 rings (SSSR count). The minimum Gasteiger partial charge on any atom is -0.315 e. The van der Waals surface area contributed by atoms with E-state index >= 15 is 0 Å². The Morgan fingerprint density at radius 3 is 2.76 bits per heavy atom. The molecule has 2 heterocycles. The van der Waals surface area contributed by atoms with Gasteiger partial charge in [0.1, 0.15) is 4.21 Å². The van der Waals surface area contributed by atoms with Gasteiger partial charge in [-0.25, -0.2) is 8.42 Å². The highest BCUT2D eigenvalue weighted by Gasteiger charge is 2.27. The van der Waals surface area contributed by atoms with Gasteiger partial charge < -0.3 is 5.32 Å². The molecule has 1 fully saturated rings. The predicted octanol–water partition coefficient (Wildman–Crippen LogP) is 1.92. The fraction of sp³-hybridized carbons (Fsp3) is 0.556. The predicted molar refractivity (Wildman–Crippen MR) is 75.5 cm³/mol. The first-order valence-corrected chi connectivity index (χ1v) is 8.17. The van der Waals surface area contributed by atoms with E-state index in [1.165, 1.54) is 11.3 Å². The van der Waals surface area contributed by atoms with Crippen LogP contribution < -0.4 is 5.32 Å². The molecular formula is C9H14BrClN2O2S2. The average Bonchev–Trinajstić information content (AvgIpc) is 2.55. The van der Waals surface area contributed by atoms with Gasteiger partial charge in [0.15, 0.2) is 0 Å². The lowest BCUT2D eigenvalue weighted by Crippen LogP contribution is -2.33. The van der Waals surface area contributed by atoms with Crippen LogP contribution in [-0.4, -0.2) is 38.9 Å². The molecule has 1 aromatic rings. The molecule has 98 valence electrons. The van der Waals surface area contributed by atoms with E-state index in [-0.39, 0.29) is 12.4 Å². The molecule has 0 radical (unpaired) electrons. The number of hydrogen-bond donors (Lipinski definition) is 1. The Morgan fingerprint density at radius 2 is 2.12 bits per heavy atom. The SMILES string of the molecule is Cl.O=S(=O)(c1sccc1Br)N1CCCNCC1. The van der Waals surface area contributed by atoms with E-state index in [9.17, 15) is 8.42 Å².